The van der Waals surface area contributed by atoms with E-state index in [1.54, 1.807) is 22.5 Å². The molecule has 29 heavy (non-hydrogen) atoms. The Bertz CT molecular complexity index is 947. The molecule has 1 fully saturated rings. The minimum Gasteiger partial charge on any atom is -0.495 e. The molecule has 3 rings (SSSR count). The number of aromatic nitrogens is 1. The largest absolute Gasteiger partial charge is 0.495 e. The summed E-state index contributed by atoms with van der Waals surface area (Å²) in [6, 6.07) is 5.59. The van der Waals surface area contributed by atoms with Crippen LogP contribution in [0.4, 0.5) is 0 Å². The second-order valence-electron chi connectivity index (χ2n) is 7.67. The van der Waals surface area contributed by atoms with Gasteiger partial charge in [0.15, 0.2) is 5.76 Å². The molecule has 0 radical (unpaired) electrons. The summed E-state index contributed by atoms with van der Waals surface area (Å²) in [5, 5.41) is 3.99. The Morgan fingerprint density at radius 1 is 1.21 bits per heavy atom. The summed E-state index contributed by atoms with van der Waals surface area (Å²) in [6.07, 6.45) is 2.25. The molecule has 0 N–H and O–H groups in total. The summed E-state index contributed by atoms with van der Waals surface area (Å²) in [4.78, 5) is 2.53. The molecule has 1 aliphatic heterocycles. The summed E-state index contributed by atoms with van der Waals surface area (Å²) in [5.74, 6) is 0.921. The van der Waals surface area contributed by atoms with E-state index >= 15 is 0 Å². The second kappa shape index (κ2) is 8.85. The van der Waals surface area contributed by atoms with E-state index in [4.69, 9.17) is 9.26 Å². The van der Waals surface area contributed by atoms with Crippen LogP contribution in [0.2, 0.25) is 0 Å². The maximum absolute atomic E-state index is 13.4. The molecule has 0 amide bonds. The molecule has 1 saturated heterocycles. The number of benzene rings is 1. The zero-order valence-corrected chi connectivity index (χ0v) is 18.8. The lowest BCUT2D eigenvalue weighted by molar-refractivity contribution is 0.139. The maximum atomic E-state index is 13.4. The first-order valence-electron chi connectivity index (χ1n) is 10.1. The highest BCUT2D eigenvalue weighted by molar-refractivity contribution is 7.89. The van der Waals surface area contributed by atoms with E-state index in [1.165, 1.54) is 7.11 Å². The summed E-state index contributed by atoms with van der Waals surface area (Å²) >= 11 is 0. The highest BCUT2D eigenvalue weighted by Gasteiger charge is 2.32. The average molecular weight is 422 g/mol. The van der Waals surface area contributed by atoms with Crippen LogP contribution in [0.15, 0.2) is 27.6 Å². The zero-order valence-electron chi connectivity index (χ0n) is 17.9. The van der Waals surface area contributed by atoms with Crippen molar-refractivity contribution in [3.63, 3.8) is 0 Å². The lowest BCUT2D eigenvalue weighted by atomic mass is 10.1. The normalized spacial score (nSPS) is 17.4. The van der Waals surface area contributed by atoms with Crippen molar-refractivity contribution >= 4 is 10.0 Å². The van der Waals surface area contributed by atoms with Crippen molar-refractivity contribution in [2.24, 2.45) is 0 Å². The lowest BCUT2D eigenvalue weighted by Crippen LogP contribution is -2.51. The van der Waals surface area contributed by atoms with E-state index in [9.17, 15) is 8.42 Å². The standard InChI is InChI=1S/C21H31N3O4S/c1-6-7-15(2)23-10-12-24(13-11-23)29(25,26)20-14-18(8-9-19(20)27-5)21-16(3)17(4)22-28-21/h8-9,14-15H,6-7,10-13H2,1-5H3. The van der Waals surface area contributed by atoms with E-state index in [1.807, 2.05) is 13.8 Å². The first-order chi connectivity index (χ1) is 13.8. The minimum absolute atomic E-state index is 0.168. The van der Waals surface area contributed by atoms with Gasteiger partial charge in [-0.05, 0) is 45.4 Å². The number of hydrogen-bond donors (Lipinski definition) is 0. The molecule has 1 aromatic carbocycles. The van der Waals surface area contributed by atoms with Gasteiger partial charge in [0.2, 0.25) is 10.0 Å². The van der Waals surface area contributed by atoms with E-state index < -0.39 is 10.0 Å². The summed E-state index contributed by atoms with van der Waals surface area (Å²) < 4.78 is 39.2. The summed E-state index contributed by atoms with van der Waals surface area (Å²) in [7, 11) is -2.19. The molecule has 0 aliphatic carbocycles. The first-order valence-corrected chi connectivity index (χ1v) is 11.6. The van der Waals surface area contributed by atoms with Crippen molar-refractivity contribution in [1.82, 2.24) is 14.4 Å². The van der Waals surface area contributed by atoms with Crippen molar-refractivity contribution in [2.75, 3.05) is 33.3 Å². The molecule has 1 aliphatic rings. The quantitative estimate of drug-likeness (QED) is 0.681. The molecule has 1 atom stereocenters. The van der Waals surface area contributed by atoms with Crippen LogP contribution in [0.25, 0.3) is 11.3 Å². The lowest BCUT2D eigenvalue weighted by Gasteiger charge is -2.37. The molecular weight excluding hydrogens is 390 g/mol. The minimum atomic E-state index is -3.68. The van der Waals surface area contributed by atoms with Gasteiger partial charge in [-0.2, -0.15) is 4.31 Å². The van der Waals surface area contributed by atoms with Gasteiger partial charge in [-0.25, -0.2) is 8.42 Å². The first kappa shape index (κ1) is 21.8. The van der Waals surface area contributed by atoms with Crippen LogP contribution in [0.1, 0.15) is 37.9 Å². The van der Waals surface area contributed by atoms with Crippen LogP contribution in [0.5, 0.6) is 5.75 Å². The smallest absolute Gasteiger partial charge is 0.246 e. The SMILES string of the molecule is CCCC(C)N1CCN(S(=O)(=O)c2cc(-c3onc(C)c3C)ccc2OC)CC1. The molecule has 2 aromatic rings. The maximum Gasteiger partial charge on any atom is 0.246 e. The fourth-order valence-electron chi connectivity index (χ4n) is 3.83. The highest BCUT2D eigenvalue weighted by Crippen LogP contribution is 2.34. The van der Waals surface area contributed by atoms with Crippen LogP contribution in [0.3, 0.4) is 0 Å². The number of hydrogen-bond acceptors (Lipinski definition) is 6. The Morgan fingerprint density at radius 3 is 2.45 bits per heavy atom. The Morgan fingerprint density at radius 2 is 1.90 bits per heavy atom. The molecule has 1 unspecified atom stereocenters. The van der Waals surface area contributed by atoms with Gasteiger partial charge in [-0.15, -0.1) is 0 Å². The molecule has 1 aromatic heterocycles. The summed E-state index contributed by atoms with van der Waals surface area (Å²) in [5.41, 5.74) is 2.37. The number of methoxy groups -OCH3 is 1. The molecule has 160 valence electrons. The van der Waals surface area contributed by atoms with Gasteiger partial charge in [0.25, 0.3) is 0 Å². The monoisotopic (exact) mass is 421 g/mol. The van der Waals surface area contributed by atoms with Crippen LogP contribution >= 0.6 is 0 Å². The Hall–Kier alpha value is -1.90. The van der Waals surface area contributed by atoms with Gasteiger partial charge in [-0.1, -0.05) is 18.5 Å². The Kier molecular flexibility index (Phi) is 6.65. The van der Waals surface area contributed by atoms with Crippen LogP contribution in [-0.4, -0.2) is 62.1 Å². The van der Waals surface area contributed by atoms with E-state index in [0.717, 1.165) is 37.2 Å². The number of rotatable bonds is 7. The number of sulfonamides is 1. The molecule has 2 heterocycles. The molecule has 8 heteroatoms. The van der Waals surface area contributed by atoms with Crippen LogP contribution < -0.4 is 4.74 Å². The van der Waals surface area contributed by atoms with Gasteiger partial charge >= 0.3 is 0 Å². The summed E-state index contributed by atoms with van der Waals surface area (Å²) in [6.45, 7) is 10.6. The molecule has 0 saturated carbocycles. The number of ether oxygens (including phenoxy) is 1. The number of aryl methyl sites for hydroxylation is 1. The number of nitrogens with zero attached hydrogens (tertiary/aromatic N) is 3. The molecule has 7 nitrogen and oxygen atoms in total. The van der Waals surface area contributed by atoms with Gasteiger partial charge in [-0.3, -0.25) is 4.90 Å². The molecule has 0 bridgehead atoms. The highest BCUT2D eigenvalue weighted by atomic mass is 32.2. The van der Waals surface area contributed by atoms with Crippen molar-refractivity contribution in [3.05, 3.63) is 29.5 Å². The third-order valence-electron chi connectivity index (χ3n) is 5.80. The topological polar surface area (TPSA) is 75.9 Å². The Balaban J connectivity index is 1.88. The molecule has 0 spiro atoms. The predicted octanol–water partition coefficient (Wildman–Crippen LogP) is 3.46. The fraction of sp³-hybridized carbons (Fsp3) is 0.571. The van der Waals surface area contributed by atoms with E-state index in [-0.39, 0.29) is 4.90 Å². The van der Waals surface area contributed by atoms with Gasteiger partial charge in [0, 0.05) is 43.3 Å². The van der Waals surface area contributed by atoms with E-state index in [0.29, 0.717) is 36.2 Å². The van der Waals surface area contributed by atoms with E-state index in [2.05, 4.69) is 23.9 Å². The van der Waals surface area contributed by atoms with Crippen LogP contribution in [0, 0.1) is 13.8 Å². The Labute approximate surface area is 173 Å². The average Bonchev–Trinajstić information content (AvgIpc) is 3.06. The van der Waals surface area contributed by atoms with Crippen molar-refractivity contribution in [1.29, 1.82) is 0 Å². The zero-order chi connectivity index (χ0) is 21.2. The van der Waals surface area contributed by atoms with Gasteiger partial charge in [0.05, 0.1) is 12.8 Å². The fourth-order valence-corrected chi connectivity index (χ4v) is 5.43. The van der Waals surface area contributed by atoms with Crippen molar-refractivity contribution < 1.29 is 17.7 Å². The molecular formula is C21H31N3O4S. The van der Waals surface area contributed by atoms with Gasteiger partial charge < -0.3 is 9.26 Å². The third-order valence-corrected chi connectivity index (χ3v) is 7.72. The van der Waals surface area contributed by atoms with Crippen molar-refractivity contribution in [3.8, 4) is 17.1 Å². The van der Waals surface area contributed by atoms with Crippen molar-refractivity contribution in [2.45, 2.75) is 51.5 Å². The number of piperazine rings is 1. The second-order valence-corrected chi connectivity index (χ2v) is 9.57. The van der Waals surface area contributed by atoms with Crippen LogP contribution in [-0.2, 0) is 10.0 Å². The third kappa shape index (κ3) is 4.34. The van der Waals surface area contributed by atoms with Gasteiger partial charge in [0.1, 0.15) is 10.6 Å². The predicted molar refractivity (Wildman–Crippen MR) is 113 cm³/mol.